The number of aliphatic hydroxyl groups is 1. The summed E-state index contributed by atoms with van der Waals surface area (Å²) in [4.78, 5) is 52.1. The first-order valence-electron chi connectivity index (χ1n) is 9.96. The molecule has 2 heterocycles. The fraction of sp³-hybridized carbons (Fsp3) is 0. The van der Waals surface area contributed by atoms with Gasteiger partial charge in [0.15, 0.2) is 5.78 Å². The molecule has 8 heteroatoms. The van der Waals surface area contributed by atoms with Gasteiger partial charge in [-0.1, -0.05) is 42.5 Å². The third-order valence-electron chi connectivity index (χ3n) is 5.36. The van der Waals surface area contributed by atoms with E-state index in [1.54, 1.807) is 30.3 Å². The number of carbonyl (C=O) groups excluding carboxylic acids is 4. The number of nitrogens with one attached hydrogen (secondary N) is 2. The number of pyridine rings is 1. The number of barbiturate groups is 1. The largest absolute Gasteiger partial charge is 0.506 e. The lowest BCUT2D eigenvalue weighted by Gasteiger charge is -2.12. The Balaban J connectivity index is 1.47. The Morgan fingerprint density at radius 2 is 1.61 bits per heavy atom. The lowest BCUT2D eigenvalue weighted by Crippen LogP contribution is -2.51. The molecule has 3 N–H and O–H groups in total. The fourth-order valence-electron chi connectivity index (χ4n) is 3.76. The van der Waals surface area contributed by atoms with E-state index in [4.69, 9.17) is 0 Å². The normalized spacial score (nSPS) is 15.8. The molecule has 5 rings (SSSR count). The van der Waals surface area contributed by atoms with Crippen molar-refractivity contribution < 1.29 is 24.3 Å². The van der Waals surface area contributed by atoms with E-state index in [1.807, 2.05) is 41.0 Å². The summed E-state index contributed by atoms with van der Waals surface area (Å²) in [5.74, 6) is -2.05. The molecule has 1 aliphatic heterocycles. The van der Waals surface area contributed by atoms with Gasteiger partial charge >= 0.3 is 6.03 Å². The average Bonchev–Trinajstić information content (AvgIpc) is 3.04. The molecule has 2 aliphatic rings. The second-order valence-electron chi connectivity index (χ2n) is 7.42. The molecule has 4 amide bonds. The summed E-state index contributed by atoms with van der Waals surface area (Å²) in [6.07, 6.45) is 4.35. The van der Waals surface area contributed by atoms with E-state index in [2.05, 4.69) is 4.98 Å². The van der Waals surface area contributed by atoms with Crippen LogP contribution in [0.5, 0.6) is 0 Å². The maximum absolute atomic E-state index is 13.0. The van der Waals surface area contributed by atoms with Crippen molar-refractivity contribution in [3.63, 3.8) is 0 Å². The molecule has 0 saturated carbocycles. The number of aromatic nitrogens is 1. The highest BCUT2D eigenvalue weighted by Crippen LogP contribution is 2.37. The third kappa shape index (κ3) is 3.49. The SMILES string of the molecule is O=C1NC(=O)C(=C/C=C/c2ccc3c(c2)C(O)=C(c2ccc4ccccc4n2)C3=O)C(=O)N1. The number of rotatable bonds is 3. The Hall–Kier alpha value is -4.85. The van der Waals surface area contributed by atoms with Crippen LogP contribution in [0.25, 0.3) is 28.3 Å². The number of aliphatic hydroxyl groups excluding tert-OH is 1. The molecular weight excluding hydrogens is 422 g/mol. The van der Waals surface area contributed by atoms with Crippen LogP contribution in [-0.2, 0) is 9.59 Å². The van der Waals surface area contributed by atoms with E-state index in [9.17, 15) is 24.3 Å². The zero-order valence-corrected chi connectivity index (χ0v) is 17.0. The zero-order valence-electron chi connectivity index (χ0n) is 17.0. The number of carbonyl (C=O) groups is 4. The van der Waals surface area contributed by atoms with Gasteiger partial charge in [0.25, 0.3) is 11.8 Å². The van der Waals surface area contributed by atoms with Crippen molar-refractivity contribution >= 4 is 51.9 Å². The van der Waals surface area contributed by atoms with Crippen LogP contribution in [0.1, 0.15) is 27.2 Å². The van der Waals surface area contributed by atoms with Gasteiger partial charge in [0.1, 0.15) is 11.3 Å². The van der Waals surface area contributed by atoms with Gasteiger partial charge < -0.3 is 5.11 Å². The molecule has 0 spiro atoms. The first kappa shape index (κ1) is 20.1. The fourth-order valence-corrected chi connectivity index (χ4v) is 3.76. The van der Waals surface area contributed by atoms with Gasteiger partial charge in [-0.15, -0.1) is 0 Å². The highest BCUT2D eigenvalue weighted by atomic mass is 16.3. The van der Waals surface area contributed by atoms with E-state index >= 15 is 0 Å². The minimum atomic E-state index is -0.867. The molecule has 0 unspecified atom stereocenters. The van der Waals surface area contributed by atoms with Crippen LogP contribution in [0.2, 0.25) is 0 Å². The summed E-state index contributed by atoms with van der Waals surface area (Å²) in [5, 5.41) is 15.7. The van der Waals surface area contributed by atoms with E-state index in [1.165, 1.54) is 12.2 Å². The second-order valence-corrected chi connectivity index (χ2v) is 7.42. The van der Waals surface area contributed by atoms with E-state index in [-0.39, 0.29) is 22.7 Å². The first-order valence-corrected chi connectivity index (χ1v) is 9.96. The number of urea groups is 1. The molecule has 0 radical (unpaired) electrons. The predicted octanol–water partition coefficient (Wildman–Crippen LogP) is 3.16. The summed E-state index contributed by atoms with van der Waals surface area (Å²) < 4.78 is 0. The number of fused-ring (bicyclic) bond motifs is 2. The van der Waals surface area contributed by atoms with Gasteiger partial charge in [-0.25, -0.2) is 9.78 Å². The van der Waals surface area contributed by atoms with E-state index < -0.39 is 17.8 Å². The molecule has 33 heavy (non-hydrogen) atoms. The number of benzene rings is 2. The van der Waals surface area contributed by atoms with E-state index in [0.29, 0.717) is 27.9 Å². The summed E-state index contributed by atoms with van der Waals surface area (Å²) in [5.41, 5.74) is 2.39. The van der Waals surface area contributed by atoms with Crippen LogP contribution in [0.15, 0.2) is 72.3 Å². The number of Topliss-reactive ketones (excluding diaryl/α,β-unsaturated/α-hetero) is 1. The summed E-state index contributed by atoms with van der Waals surface area (Å²) in [6.45, 7) is 0. The van der Waals surface area contributed by atoms with Gasteiger partial charge in [0, 0.05) is 16.5 Å². The van der Waals surface area contributed by atoms with Crippen LogP contribution in [-0.4, -0.2) is 33.7 Å². The summed E-state index contributed by atoms with van der Waals surface area (Å²) in [6, 6.07) is 15.1. The Bertz CT molecular complexity index is 1470. The number of allylic oxidation sites excluding steroid dienone is 3. The first-order chi connectivity index (χ1) is 15.9. The molecule has 1 saturated heterocycles. The number of hydrogen-bond donors (Lipinski definition) is 3. The van der Waals surface area contributed by atoms with Crippen LogP contribution < -0.4 is 10.6 Å². The smallest absolute Gasteiger partial charge is 0.328 e. The lowest BCUT2D eigenvalue weighted by atomic mass is 10.0. The van der Waals surface area contributed by atoms with Crippen LogP contribution >= 0.6 is 0 Å². The Morgan fingerprint density at radius 3 is 2.39 bits per heavy atom. The van der Waals surface area contributed by atoms with Crippen molar-refractivity contribution in [3.8, 4) is 0 Å². The molecular formula is C25H15N3O5. The number of amides is 4. The summed E-state index contributed by atoms with van der Waals surface area (Å²) >= 11 is 0. The number of ketones is 1. The predicted molar refractivity (Wildman–Crippen MR) is 121 cm³/mol. The quantitative estimate of drug-likeness (QED) is 0.427. The molecule has 0 atom stereocenters. The highest BCUT2D eigenvalue weighted by molar-refractivity contribution is 6.38. The molecule has 8 nitrogen and oxygen atoms in total. The van der Waals surface area contributed by atoms with Crippen molar-refractivity contribution in [1.29, 1.82) is 0 Å². The van der Waals surface area contributed by atoms with Crippen molar-refractivity contribution in [2.24, 2.45) is 0 Å². The monoisotopic (exact) mass is 437 g/mol. The second kappa shape index (κ2) is 7.69. The number of para-hydroxylation sites is 1. The van der Waals surface area contributed by atoms with Crippen molar-refractivity contribution in [1.82, 2.24) is 15.6 Å². The van der Waals surface area contributed by atoms with Crippen LogP contribution in [0.4, 0.5) is 4.79 Å². The lowest BCUT2D eigenvalue weighted by molar-refractivity contribution is -0.124. The Labute approximate surface area is 186 Å². The van der Waals surface area contributed by atoms with Gasteiger partial charge in [-0.2, -0.15) is 0 Å². The maximum Gasteiger partial charge on any atom is 0.328 e. The number of imide groups is 2. The molecule has 0 bridgehead atoms. The third-order valence-corrected chi connectivity index (χ3v) is 5.36. The number of hydrogen-bond acceptors (Lipinski definition) is 6. The zero-order chi connectivity index (χ0) is 23.1. The van der Waals surface area contributed by atoms with E-state index in [0.717, 1.165) is 5.39 Å². The molecule has 1 aliphatic carbocycles. The van der Waals surface area contributed by atoms with Gasteiger partial charge in [0.05, 0.1) is 16.8 Å². The maximum atomic E-state index is 13.0. The summed E-state index contributed by atoms with van der Waals surface area (Å²) in [7, 11) is 0. The highest BCUT2D eigenvalue weighted by Gasteiger charge is 2.31. The van der Waals surface area contributed by atoms with Crippen LogP contribution in [0.3, 0.4) is 0 Å². The molecule has 2 aromatic carbocycles. The van der Waals surface area contributed by atoms with Crippen molar-refractivity contribution in [3.05, 3.63) is 94.7 Å². The van der Waals surface area contributed by atoms with Crippen molar-refractivity contribution in [2.45, 2.75) is 0 Å². The van der Waals surface area contributed by atoms with Gasteiger partial charge in [0.2, 0.25) is 0 Å². The number of nitrogens with zero attached hydrogens (tertiary/aromatic N) is 1. The van der Waals surface area contributed by atoms with Gasteiger partial charge in [-0.3, -0.25) is 25.0 Å². The minimum absolute atomic E-state index is 0.138. The van der Waals surface area contributed by atoms with Gasteiger partial charge in [-0.05, 0) is 35.9 Å². The minimum Gasteiger partial charge on any atom is -0.506 e. The topological polar surface area (TPSA) is 125 Å². The van der Waals surface area contributed by atoms with Crippen molar-refractivity contribution in [2.75, 3.05) is 0 Å². The Kier molecular flexibility index (Phi) is 4.68. The molecule has 1 fully saturated rings. The molecule has 1 aromatic heterocycles. The standard InChI is InChI=1S/C25H15N3O5/c29-21-15-10-8-13(4-3-6-16-23(31)27-25(33)28-24(16)32)12-17(15)22(30)20(21)19-11-9-14-5-1-2-7-18(14)26-19/h1-12,30H,(H2,27,28,31,32,33)/b4-3+. The average molecular weight is 437 g/mol. The Morgan fingerprint density at radius 1 is 0.848 bits per heavy atom. The molecule has 3 aromatic rings. The molecule has 160 valence electrons. The van der Waals surface area contributed by atoms with Crippen LogP contribution in [0, 0.1) is 0 Å².